The summed E-state index contributed by atoms with van der Waals surface area (Å²) in [5.74, 6) is 0.107. The van der Waals surface area contributed by atoms with E-state index in [0.717, 1.165) is 19.3 Å². The van der Waals surface area contributed by atoms with Gasteiger partial charge in [-0.15, -0.1) is 0 Å². The van der Waals surface area contributed by atoms with Crippen LogP contribution in [0.3, 0.4) is 0 Å². The van der Waals surface area contributed by atoms with Crippen LogP contribution in [0.1, 0.15) is 25.7 Å². The molecule has 6 nitrogen and oxygen atoms in total. The summed E-state index contributed by atoms with van der Waals surface area (Å²) in [5.41, 5.74) is 5.57. The van der Waals surface area contributed by atoms with Crippen molar-refractivity contribution >= 4 is 11.7 Å². The minimum atomic E-state index is -0.0514. The number of rotatable bonds is 5. The van der Waals surface area contributed by atoms with Crippen LogP contribution in [-0.2, 0) is 9.53 Å². The van der Waals surface area contributed by atoms with Crippen molar-refractivity contribution in [3.8, 4) is 0 Å². The van der Waals surface area contributed by atoms with Crippen LogP contribution in [0.2, 0.25) is 0 Å². The third-order valence-corrected chi connectivity index (χ3v) is 2.89. The van der Waals surface area contributed by atoms with Crippen LogP contribution in [0.4, 0.5) is 0 Å². The molecular formula is C10H19N3O3. The Labute approximate surface area is 94.8 Å². The zero-order valence-corrected chi connectivity index (χ0v) is 9.48. The third kappa shape index (κ3) is 3.37. The summed E-state index contributed by atoms with van der Waals surface area (Å²) in [6, 6.07) is -0.0137. The number of hydrogen-bond donors (Lipinski definition) is 3. The molecule has 92 valence electrons. The molecule has 4 N–H and O–H groups in total. The summed E-state index contributed by atoms with van der Waals surface area (Å²) in [6.07, 6.45) is 3.05. The summed E-state index contributed by atoms with van der Waals surface area (Å²) in [6.45, 7) is 0.410. The fourth-order valence-corrected chi connectivity index (χ4v) is 2.03. The molecule has 0 bridgehead atoms. The number of amides is 1. The molecule has 0 aromatic carbocycles. The van der Waals surface area contributed by atoms with Crippen molar-refractivity contribution in [2.24, 2.45) is 16.8 Å². The van der Waals surface area contributed by atoms with Crippen LogP contribution in [0.5, 0.6) is 0 Å². The molecule has 1 aliphatic rings. The first kappa shape index (κ1) is 12.8. The first-order valence-electron chi connectivity index (χ1n) is 5.44. The van der Waals surface area contributed by atoms with E-state index in [1.807, 2.05) is 0 Å². The zero-order chi connectivity index (χ0) is 12.0. The SMILES string of the molecule is COCCC(=O)NC1CCCC1C(N)=NO. The highest BCUT2D eigenvalue weighted by molar-refractivity contribution is 5.84. The number of carbonyl (C=O) groups excluding carboxylic acids is 1. The number of carbonyl (C=O) groups is 1. The number of nitrogens with one attached hydrogen (secondary N) is 1. The predicted octanol–water partition coefficient (Wildman–Crippen LogP) is 0.0542. The maximum atomic E-state index is 11.5. The lowest BCUT2D eigenvalue weighted by Crippen LogP contribution is -2.42. The van der Waals surface area contributed by atoms with Gasteiger partial charge in [-0.25, -0.2) is 0 Å². The molecule has 0 aromatic rings. The Morgan fingerprint density at radius 3 is 3.00 bits per heavy atom. The predicted molar refractivity (Wildman–Crippen MR) is 59.2 cm³/mol. The van der Waals surface area contributed by atoms with Gasteiger partial charge in [0.1, 0.15) is 5.84 Å². The van der Waals surface area contributed by atoms with Gasteiger partial charge in [0.15, 0.2) is 0 Å². The summed E-state index contributed by atoms with van der Waals surface area (Å²) in [4.78, 5) is 11.5. The number of oxime groups is 1. The lowest BCUT2D eigenvalue weighted by atomic mass is 10.0. The van der Waals surface area contributed by atoms with Gasteiger partial charge in [0.25, 0.3) is 0 Å². The van der Waals surface area contributed by atoms with E-state index in [-0.39, 0.29) is 23.7 Å². The molecule has 1 amide bonds. The van der Waals surface area contributed by atoms with Crippen LogP contribution < -0.4 is 11.1 Å². The molecule has 1 fully saturated rings. The van der Waals surface area contributed by atoms with Crippen molar-refractivity contribution in [2.45, 2.75) is 31.7 Å². The van der Waals surface area contributed by atoms with Gasteiger partial charge in [0, 0.05) is 25.5 Å². The number of methoxy groups -OCH3 is 1. The van der Waals surface area contributed by atoms with Crippen LogP contribution in [0.25, 0.3) is 0 Å². The van der Waals surface area contributed by atoms with Crippen molar-refractivity contribution in [3.63, 3.8) is 0 Å². The van der Waals surface area contributed by atoms with Crippen LogP contribution in [0.15, 0.2) is 5.16 Å². The van der Waals surface area contributed by atoms with E-state index in [9.17, 15) is 4.79 Å². The maximum Gasteiger partial charge on any atom is 0.222 e. The molecule has 1 saturated carbocycles. The van der Waals surface area contributed by atoms with Crippen molar-refractivity contribution < 1.29 is 14.7 Å². The average molecular weight is 229 g/mol. The Hall–Kier alpha value is -1.30. The molecule has 6 heteroatoms. The molecule has 1 aliphatic carbocycles. The van der Waals surface area contributed by atoms with Gasteiger partial charge in [-0.1, -0.05) is 11.6 Å². The van der Waals surface area contributed by atoms with E-state index in [0.29, 0.717) is 13.0 Å². The average Bonchev–Trinajstić information content (AvgIpc) is 2.73. The van der Waals surface area contributed by atoms with E-state index in [2.05, 4.69) is 10.5 Å². The van der Waals surface area contributed by atoms with Gasteiger partial charge in [-0.05, 0) is 12.8 Å². The lowest BCUT2D eigenvalue weighted by molar-refractivity contribution is -0.122. The summed E-state index contributed by atoms with van der Waals surface area (Å²) < 4.78 is 4.82. The molecular weight excluding hydrogens is 210 g/mol. The normalized spacial score (nSPS) is 25.7. The fourth-order valence-electron chi connectivity index (χ4n) is 2.03. The largest absolute Gasteiger partial charge is 0.409 e. The van der Waals surface area contributed by atoms with Gasteiger partial charge < -0.3 is 21.0 Å². The van der Waals surface area contributed by atoms with E-state index >= 15 is 0 Å². The molecule has 0 saturated heterocycles. The third-order valence-electron chi connectivity index (χ3n) is 2.89. The molecule has 0 radical (unpaired) electrons. The van der Waals surface area contributed by atoms with Crippen molar-refractivity contribution in [1.29, 1.82) is 0 Å². The Morgan fingerprint density at radius 1 is 1.62 bits per heavy atom. The fraction of sp³-hybridized carbons (Fsp3) is 0.800. The van der Waals surface area contributed by atoms with Crippen molar-refractivity contribution in [1.82, 2.24) is 5.32 Å². The van der Waals surface area contributed by atoms with E-state index in [1.165, 1.54) is 0 Å². The number of amidine groups is 1. The smallest absolute Gasteiger partial charge is 0.222 e. The van der Waals surface area contributed by atoms with E-state index < -0.39 is 0 Å². The summed E-state index contributed by atoms with van der Waals surface area (Å²) >= 11 is 0. The van der Waals surface area contributed by atoms with Gasteiger partial charge in [0.05, 0.1) is 6.61 Å². The highest BCUT2D eigenvalue weighted by Crippen LogP contribution is 2.25. The Kier molecular flexibility index (Phi) is 5.04. The number of ether oxygens (including phenoxy) is 1. The van der Waals surface area contributed by atoms with Crippen LogP contribution in [-0.4, -0.2) is 36.7 Å². The molecule has 0 aromatic heterocycles. The molecule has 0 aliphatic heterocycles. The first-order chi connectivity index (χ1) is 7.69. The van der Waals surface area contributed by atoms with Crippen molar-refractivity contribution in [2.75, 3.05) is 13.7 Å². The molecule has 0 spiro atoms. The minimum Gasteiger partial charge on any atom is -0.409 e. The Morgan fingerprint density at radius 2 is 2.38 bits per heavy atom. The minimum absolute atomic E-state index is 0.0137. The number of nitrogens with zero attached hydrogens (tertiary/aromatic N) is 1. The standard InChI is InChI=1S/C10H19N3O3/c1-16-6-5-9(14)12-8-4-2-3-7(8)10(11)13-15/h7-8,15H,2-6H2,1H3,(H2,11,13)(H,12,14). The molecule has 2 unspecified atom stereocenters. The second kappa shape index (κ2) is 6.32. The lowest BCUT2D eigenvalue weighted by Gasteiger charge is -2.19. The Bertz CT molecular complexity index is 268. The summed E-state index contributed by atoms with van der Waals surface area (Å²) in [5, 5.41) is 14.5. The second-order valence-electron chi connectivity index (χ2n) is 3.98. The maximum absolute atomic E-state index is 11.5. The molecule has 0 heterocycles. The monoisotopic (exact) mass is 229 g/mol. The topological polar surface area (TPSA) is 96.9 Å². The van der Waals surface area contributed by atoms with E-state index in [1.54, 1.807) is 7.11 Å². The number of nitrogens with two attached hydrogens (primary N) is 1. The highest BCUT2D eigenvalue weighted by atomic mass is 16.5. The molecule has 1 rings (SSSR count). The van der Waals surface area contributed by atoms with Gasteiger partial charge >= 0.3 is 0 Å². The zero-order valence-electron chi connectivity index (χ0n) is 9.48. The number of hydrogen-bond acceptors (Lipinski definition) is 4. The second-order valence-corrected chi connectivity index (χ2v) is 3.98. The quantitative estimate of drug-likeness (QED) is 0.269. The van der Waals surface area contributed by atoms with Crippen LogP contribution >= 0.6 is 0 Å². The highest BCUT2D eigenvalue weighted by Gasteiger charge is 2.31. The van der Waals surface area contributed by atoms with Gasteiger partial charge in [0.2, 0.25) is 5.91 Å². The van der Waals surface area contributed by atoms with Crippen molar-refractivity contribution in [3.05, 3.63) is 0 Å². The molecule has 2 atom stereocenters. The van der Waals surface area contributed by atoms with Gasteiger partial charge in [-0.2, -0.15) is 0 Å². The Balaban J connectivity index is 2.43. The first-order valence-corrected chi connectivity index (χ1v) is 5.44. The van der Waals surface area contributed by atoms with Crippen LogP contribution in [0, 0.1) is 5.92 Å². The summed E-state index contributed by atoms with van der Waals surface area (Å²) in [7, 11) is 1.56. The van der Waals surface area contributed by atoms with Gasteiger partial charge in [-0.3, -0.25) is 4.79 Å². The molecule has 16 heavy (non-hydrogen) atoms. The van der Waals surface area contributed by atoms with E-state index in [4.69, 9.17) is 15.7 Å².